The first-order valence-corrected chi connectivity index (χ1v) is 11.1. The summed E-state index contributed by atoms with van der Waals surface area (Å²) in [6.45, 7) is 1.38. The molecule has 5 nitrogen and oxygen atoms in total. The molecule has 2 N–H and O–H groups in total. The van der Waals surface area contributed by atoms with E-state index in [9.17, 15) is 4.79 Å². The number of amides is 1. The van der Waals surface area contributed by atoms with Crippen molar-refractivity contribution in [1.82, 2.24) is 14.9 Å². The fraction of sp³-hybridized carbons (Fsp3) is 0.522. The van der Waals surface area contributed by atoms with Gasteiger partial charge >= 0.3 is 0 Å². The Labute approximate surface area is 176 Å². The monoisotopic (exact) mass is 410 g/mol. The van der Waals surface area contributed by atoms with Crippen LogP contribution in [0.3, 0.4) is 0 Å². The predicted octanol–water partition coefficient (Wildman–Crippen LogP) is 3.85. The molecule has 0 radical (unpaired) electrons. The summed E-state index contributed by atoms with van der Waals surface area (Å²) in [5.41, 5.74) is 10.3. The minimum absolute atomic E-state index is 0.0422. The Morgan fingerprint density at radius 2 is 1.97 bits per heavy atom. The summed E-state index contributed by atoms with van der Waals surface area (Å²) >= 11 is 6.23. The molecule has 6 heteroatoms. The zero-order valence-corrected chi connectivity index (χ0v) is 17.4. The van der Waals surface area contributed by atoms with Crippen LogP contribution in [0.25, 0.3) is 0 Å². The van der Waals surface area contributed by atoms with E-state index in [2.05, 4.69) is 20.9 Å². The zero-order valence-electron chi connectivity index (χ0n) is 16.6. The third-order valence-corrected chi connectivity index (χ3v) is 7.42. The standard InChI is InChI=1S/C23H27ClN4O/c24-17-3-1-2-16(12-17)23(13-25)9-6-18(7-10-23)28-11-8-19-20(15-4-5-15)26-14-27-21(19)22(28)29/h1-3,12,14-15,18H,4-11,13,25H2. The molecular formula is C23H27ClN4O. The van der Waals surface area contributed by atoms with E-state index in [-0.39, 0.29) is 17.4 Å². The van der Waals surface area contributed by atoms with Crippen LogP contribution in [0.2, 0.25) is 5.02 Å². The summed E-state index contributed by atoms with van der Waals surface area (Å²) in [7, 11) is 0. The number of benzene rings is 1. The number of rotatable bonds is 4. The van der Waals surface area contributed by atoms with Crippen LogP contribution in [-0.4, -0.2) is 39.9 Å². The van der Waals surface area contributed by atoms with E-state index in [1.165, 1.54) is 18.4 Å². The highest BCUT2D eigenvalue weighted by atomic mass is 35.5. The van der Waals surface area contributed by atoms with Crippen LogP contribution >= 0.6 is 11.6 Å². The van der Waals surface area contributed by atoms with Crippen molar-refractivity contribution in [2.45, 2.75) is 62.3 Å². The number of halogens is 1. The molecule has 2 aliphatic carbocycles. The molecule has 1 aromatic carbocycles. The van der Waals surface area contributed by atoms with Gasteiger partial charge in [0.2, 0.25) is 0 Å². The number of hydrogen-bond acceptors (Lipinski definition) is 4. The van der Waals surface area contributed by atoms with E-state index in [0.29, 0.717) is 18.2 Å². The highest BCUT2D eigenvalue weighted by molar-refractivity contribution is 6.30. The Morgan fingerprint density at radius 1 is 1.17 bits per heavy atom. The molecule has 0 saturated heterocycles. The van der Waals surface area contributed by atoms with Crippen LogP contribution in [0, 0.1) is 0 Å². The average molecular weight is 411 g/mol. The molecule has 1 amide bonds. The minimum Gasteiger partial charge on any atom is -0.334 e. The number of nitrogens with two attached hydrogens (primary N) is 1. The molecule has 0 spiro atoms. The summed E-state index contributed by atoms with van der Waals surface area (Å²) in [4.78, 5) is 24.2. The number of fused-ring (bicyclic) bond motifs is 1. The zero-order chi connectivity index (χ0) is 20.0. The molecule has 5 rings (SSSR count). The second kappa shape index (κ2) is 7.37. The highest BCUT2D eigenvalue weighted by Gasteiger charge is 2.41. The Hall–Kier alpha value is -1.98. The van der Waals surface area contributed by atoms with E-state index in [0.717, 1.165) is 54.9 Å². The lowest BCUT2D eigenvalue weighted by Crippen LogP contribution is -2.50. The van der Waals surface area contributed by atoms with Gasteiger partial charge in [-0.1, -0.05) is 23.7 Å². The molecule has 1 aliphatic heterocycles. The maximum absolute atomic E-state index is 13.3. The summed E-state index contributed by atoms with van der Waals surface area (Å²) in [5.74, 6) is 0.632. The quantitative estimate of drug-likeness (QED) is 0.831. The molecule has 2 saturated carbocycles. The number of hydrogen-bond donors (Lipinski definition) is 1. The molecule has 2 aromatic rings. The van der Waals surface area contributed by atoms with Crippen molar-refractivity contribution < 1.29 is 4.79 Å². The van der Waals surface area contributed by atoms with Crippen LogP contribution in [0.4, 0.5) is 0 Å². The van der Waals surface area contributed by atoms with Gasteiger partial charge in [-0.2, -0.15) is 0 Å². The lowest BCUT2D eigenvalue weighted by atomic mass is 9.68. The van der Waals surface area contributed by atoms with Crippen molar-refractivity contribution in [3.8, 4) is 0 Å². The topological polar surface area (TPSA) is 72.1 Å². The maximum Gasteiger partial charge on any atom is 0.273 e. The highest BCUT2D eigenvalue weighted by Crippen LogP contribution is 2.43. The lowest BCUT2D eigenvalue weighted by molar-refractivity contribution is 0.0567. The smallest absolute Gasteiger partial charge is 0.273 e. The van der Waals surface area contributed by atoms with Crippen molar-refractivity contribution in [1.29, 1.82) is 0 Å². The van der Waals surface area contributed by atoms with Crippen LogP contribution in [0.5, 0.6) is 0 Å². The van der Waals surface area contributed by atoms with Crippen molar-refractivity contribution in [3.63, 3.8) is 0 Å². The van der Waals surface area contributed by atoms with Gasteiger partial charge in [0, 0.05) is 41.1 Å². The summed E-state index contributed by atoms with van der Waals surface area (Å²) < 4.78 is 0. The van der Waals surface area contributed by atoms with Gasteiger partial charge in [0.05, 0.1) is 5.69 Å². The fourth-order valence-electron chi connectivity index (χ4n) is 5.28. The van der Waals surface area contributed by atoms with Crippen molar-refractivity contribution in [2.24, 2.45) is 5.73 Å². The van der Waals surface area contributed by atoms with Gasteiger partial charge in [-0.25, -0.2) is 9.97 Å². The van der Waals surface area contributed by atoms with Crippen molar-refractivity contribution in [3.05, 3.63) is 58.1 Å². The Balaban J connectivity index is 1.34. The molecule has 0 atom stereocenters. The molecule has 3 aliphatic rings. The Bertz CT molecular complexity index is 934. The van der Waals surface area contributed by atoms with E-state index in [1.54, 1.807) is 6.33 Å². The van der Waals surface area contributed by atoms with Crippen molar-refractivity contribution >= 4 is 17.5 Å². The molecule has 152 valence electrons. The molecule has 1 aromatic heterocycles. The Morgan fingerprint density at radius 3 is 2.66 bits per heavy atom. The van der Waals surface area contributed by atoms with Gasteiger partial charge in [0.25, 0.3) is 5.91 Å². The summed E-state index contributed by atoms with van der Waals surface area (Å²) in [6, 6.07) is 8.35. The SMILES string of the molecule is NCC1(c2cccc(Cl)c2)CCC(N2CCc3c(ncnc3C3CC3)C2=O)CC1. The first kappa shape index (κ1) is 19.0. The van der Waals surface area contributed by atoms with Crippen LogP contribution in [0.1, 0.15) is 71.8 Å². The number of nitrogens with zero attached hydrogens (tertiary/aromatic N) is 3. The Kier molecular flexibility index (Phi) is 4.83. The molecule has 2 heterocycles. The van der Waals surface area contributed by atoms with E-state index < -0.39 is 0 Å². The largest absolute Gasteiger partial charge is 0.334 e. The molecule has 0 unspecified atom stereocenters. The first-order chi connectivity index (χ1) is 14.1. The van der Waals surface area contributed by atoms with Gasteiger partial charge < -0.3 is 10.6 Å². The second-order valence-corrected chi connectivity index (χ2v) is 9.27. The van der Waals surface area contributed by atoms with Crippen LogP contribution < -0.4 is 5.73 Å². The third-order valence-electron chi connectivity index (χ3n) is 7.19. The van der Waals surface area contributed by atoms with Gasteiger partial charge in [0.1, 0.15) is 12.0 Å². The van der Waals surface area contributed by atoms with Gasteiger partial charge in [-0.05, 0) is 62.6 Å². The van der Waals surface area contributed by atoms with E-state index in [4.69, 9.17) is 17.3 Å². The number of aromatic nitrogens is 2. The molecule has 29 heavy (non-hydrogen) atoms. The first-order valence-electron chi connectivity index (χ1n) is 10.7. The molecule has 0 bridgehead atoms. The average Bonchev–Trinajstić information content (AvgIpc) is 3.59. The van der Waals surface area contributed by atoms with E-state index >= 15 is 0 Å². The molecule has 2 fully saturated rings. The normalized spacial score (nSPS) is 27.0. The van der Waals surface area contributed by atoms with Gasteiger partial charge in [-0.15, -0.1) is 0 Å². The predicted molar refractivity (Wildman–Crippen MR) is 113 cm³/mol. The maximum atomic E-state index is 13.3. The summed E-state index contributed by atoms with van der Waals surface area (Å²) in [5, 5.41) is 0.756. The number of carbonyl (C=O) groups excluding carboxylic acids is 1. The lowest BCUT2D eigenvalue weighted by Gasteiger charge is -2.44. The molecular weight excluding hydrogens is 384 g/mol. The van der Waals surface area contributed by atoms with E-state index in [1.807, 2.05) is 18.2 Å². The van der Waals surface area contributed by atoms with Gasteiger partial charge in [-0.3, -0.25) is 4.79 Å². The third kappa shape index (κ3) is 3.34. The van der Waals surface area contributed by atoms with Crippen LogP contribution in [-0.2, 0) is 11.8 Å². The summed E-state index contributed by atoms with van der Waals surface area (Å²) in [6.07, 6.45) is 8.71. The second-order valence-electron chi connectivity index (χ2n) is 8.83. The van der Waals surface area contributed by atoms with Crippen molar-refractivity contribution in [2.75, 3.05) is 13.1 Å². The minimum atomic E-state index is -0.0422. The number of carbonyl (C=O) groups is 1. The van der Waals surface area contributed by atoms with Crippen LogP contribution in [0.15, 0.2) is 30.6 Å². The van der Waals surface area contributed by atoms with Gasteiger partial charge in [0.15, 0.2) is 0 Å². The fourth-order valence-corrected chi connectivity index (χ4v) is 5.47.